The number of nitrogens with zero attached hydrogens (tertiary/aromatic N) is 3. The van der Waals surface area contributed by atoms with E-state index in [0.29, 0.717) is 30.3 Å². The Hall–Kier alpha value is -3.61. The van der Waals surface area contributed by atoms with Gasteiger partial charge in [0.25, 0.3) is 5.91 Å². The zero-order valence-electron chi connectivity index (χ0n) is 24.3. The Kier molecular flexibility index (Phi) is 8.25. The zero-order chi connectivity index (χ0) is 29.4. The Bertz CT molecular complexity index is 1680. The molecule has 8 heteroatoms. The molecule has 0 aliphatic heterocycles. The van der Waals surface area contributed by atoms with Crippen molar-refractivity contribution in [3.05, 3.63) is 97.4 Å². The third-order valence-electron chi connectivity index (χ3n) is 7.74. The minimum Gasteiger partial charge on any atom is -0.494 e. The summed E-state index contributed by atoms with van der Waals surface area (Å²) >= 11 is 13.2. The summed E-state index contributed by atoms with van der Waals surface area (Å²) in [7, 11) is 1.93. The highest BCUT2D eigenvalue weighted by atomic mass is 35.5. The van der Waals surface area contributed by atoms with Crippen molar-refractivity contribution in [2.45, 2.75) is 53.9 Å². The van der Waals surface area contributed by atoms with Crippen molar-refractivity contribution in [3.8, 4) is 16.9 Å². The maximum Gasteiger partial charge on any atom is 0.253 e. The van der Waals surface area contributed by atoms with Crippen LogP contribution in [0.5, 0.6) is 5.75 Å². The molecule has 0 saturated carbocycles. The van der Waals surface area contributed by atoms with Gasteiger partial charge in [0.05, 0.1) is 12.3 Å². The lowest BCUT2D eigenvalue weighted by molar-refractivity contribution is -0.112. The van der Waals surface area contributed by atoms with Crippen molar-refractivity contribution in [3.63, 3.8) is 0 Å². The lowest BCUT2D eigenvalue weighted by Gasteiger charge is -2.14. The van der Waals surface area contributed by atoms with E-state index in [1.807, 2.05) is 82.7 Å². The molecule has 1 N–H and O–H groups in total. The highest BCUT2D eigenvalue weighted by Crippen LogP contribution is 2.45. The molecular weight excluding hydrogens is 555 g/mol. The highest BCUT2D eigenvalue weighted by Gasteiger charge is 2.31. The van der Waals surface area contributed by atoms with Gasteiger partial charge in [0.1, 0.15) is 11.6 Å². The predicted octanol–water partition coefficient (Wildman–Crippen LogP) is 8.14. The fourth-order valence-electron chi connectivity index (χ4n) is 5.66. The van der Waals surface area contributed by atoms with Crippen molar-refractivity contribution in [2.24, 2.45) is 7.05 Å². The summed E-state index contributed by atoms with van der Waals surface area (Å²) < 4.78 is 7.97. The second-order valence-corrected chi connectivity index (χ2v) is 11.5. The second-order valence-electron chi connectivity index (χ2n) is 10.7. The van der Waals surface area contributed by atoms with E-state index in [1.54, 1.807) is 6.20 Å². The number of allylic oxidation sites excluding steroid dienone is 1. The Balaban J connectivity index is 1.47. The molecule has 2 aromatic heterocycles. The summed E-state index contributed by atoms with van der Waals surface area (Å²) in [5, 5.41) is 9.07. The third kappa shape index (κ3) is 5.77. The summed E-state index contributed by atoms with van der Waals surface area (Å²) in [6.07, 6.45) is 3.59. The number of hydrogen-bond acceptors (Lipinski definition) is 4. The van der Waals surface area contributed by atoms with E-state index in [9.17, 15) is 4.79 Å². The number of nitrogens with one attached hydrogen (secondary N) is 1. The smallest absolute Gasteiger partial charge is 0.253 e. The summed E-state index contributed by atoms with van der Waals surface area (Å²) in [6, 6.07) is 11.7. The van der Waals surface area contributed by atoms with E-state index >= 15 is 0 Å². The van der Waals surface area contributed by atoms with Crippen LogP contribution in [-0.2, 0) is 18.3 Å². The number of aryl methyl sites for hydroxylation is 5. The molecule has 4 aromatic rings. The monoisotopic (exact) mass is 588 g/mol. The number of ether oxygens (including phenoxy) is 1. The number of aromatic nitrogens is 3. The van der Waals surface area contributed by atoms with E-state index in [-0.39, 0.29) is 5.91 Å². The number of fused-ring (bicyclic) bond motifs is 1. The molecule has 1 amide bonds. The minimum atomic E-state index is -0.152. The van der Waals surface area contributed by atoms with Crippen LogP contribution in [0.2, 0.25) is 10.0 Å². The van der Waals surface area contributed by atoms with Crippen LogP contribution in [0.25, 0.3) is 16.7 Å². The van der Waals surface area contributed by atoms with E-state index in [1.165, 1.54) is 0 Å². The van der Waals surface area contributed by atoms with Gasteiger partial charge in [-0.15, -0.1) is 0 Å². The number of hydrogen-bond donors (Lipinski definition) is 1. The van der Waals surface area contributed by atoms with Gasteiger partial charge in [-0.05, 0) is 111 Å². The summed E-state index contributed by atoms with van der Waals surface area (Å²) in [6.45, 7) is 10.5. The Morgan fingerprint density at radius 2 is 1.76 bits per heavy atom. The Morgan fingerprint density at radius 3 is 2.41 bits per heavy atom. The van der Waals surface area contributed by atoms with Crippen LogP contribution in [0.4, 0.5) is 5.82 Å². The first-order chi connectivity index (χ1) is 19.5. The molecule has 0 spiro atoms. The standard InChI is InChI=1S/C33H34Cl2N4O2/c1-18-11-12-36-29(14-18)37-33(40)27-17-26-25(9-10-28(34)31(26)30-21(4)38-39(6)22(30)5)24(27)8-7-13-41-23-15-19(2)32(35)20(3)16-23/h9-12,14-16H,7-8,13,17H2,1-6H3,(H,36,37,40). The molecule has 0 unspecified atom stereocenters. The fraction of sp³-hybridized carbons (Fsp3) is 0.303. The maximum absolute atomic E-state index is 13.7. The number of carbonyl (C=O) groups excluding carboxylic acids is 1. The summed E-state index contributed by atoms with van der Waals surface area (Å²) in [5.41, 5.74) is 10.8. The van der Waals surface area contributed by atoms with Crippen molar-refractivity contribution in [2.75, 3.05) is 11.9 Å². The Morgan fingerprint density at radius 1 is 1.02 bits per heavy atom. The van der Waals surface area contributed by atoms with E-state index in [4.69, 9.17) is 27.9 Å². The molecule has 2 heterocycles. The number of anilines is 1. The van der Waals surface area contributed by atoms with Gasteiger partial charge in [0.15, 0.2) is 0 Å². The fourth-order valence-corrected chi connectivity index (χ4v) is 6.05. The molecule has 1 aliphatic carbocycles. The van der Waals surface area contributed by atoms with E-state index in [2.05, 4.69) is 15.4 Å². The van der Waals surface area contributed by atoms with Crippen LogP contribution in [0.3, 0.4) is 0 Å². The second kappa shape index (κ2) is 11.7. The van der Waals surface area contributed by atoms with Crippen molar-refractivity contribution < 1.29 is 9.53 Å². The number of pyridine rings is 1. The minimum absolute atomic E-state index is 0.152. The van der Waals surface area contributed by atoms with Crippen molar-refractivity contribution >= 4 is 40.5 Å². The van der Waals surface area contributed by atoms with E-state index < -0.39 is 0 Å². The summed E-state index contributed by atoms with van der Waals surface area (Å²) in [4.78, 5) is 18.1. The van der Waals surface area contributed by atoms with Gasteiger partial charge in [0, 0.05) is 52.1 Å². The Labute approximate surface area is 251 Å². The van der Waals surface area contributed by atoms with Crippen LogP contribution in [0.1, 0.15) is 52.0 Å². The molecule has 2 aromatic carbocycles. The molecule has 41 heavy (non-hydrogen) atoms. The molecule has 212 valence electrons. The maximum atomic E-state index is 13.7. The van der Waals surface area contributed by atoms with Gasteiger partial charge in [-0.2, -0.15) is 5.10 Å². The summed E-state index contributed by atoms with van der Waals surface area (Å²) in [5.74, 6) is 1.18. The average molecular weight is 590 g/mol. The quantitative estimate of drug-likeness (QED) is 0.211. The lowest BCUT2D eigenvalue weighted by Crippen LogP contribution is -2.16. The third-order valence-corrected chi connectivity index (χ3v) is 8.66. The van der Waals surface area contributed by atoms with Crippen LogP contribution < -0.4 is 10.1 Å². The van der Waals surface area contributed by atoms with Crippen LogP contribution in [0.15, 0.2) is 48.2 Å². The molecule has 0 atom stereocenters. The van der Waals surface area contributed by atoms with Crippen LogP contribution in [0, 0.1) is 34.6 Å². The molecule has 6 nitrogen and oxygen atoms in total. The number of benzene rings is 2. The first kappa shape index (κ1) is 28.9. The van der Waals surface area contributed by atoms with Crippen molar-refractivity contribution in [1.82, 2.24) is 14.8 Å². The predicted molar refractivity (Wildman–Crippen MR) is 167 cm³/mol. The number of carbonyl (C=O) groups is 1. The molecule has 0 bridgehead atoms. The van der Waals surface area contributed by atoms with Crippen molar-refractivity contribution in [1.29, 1.82) is 0 Å². The van der Waals surface area contributed by atoms with Gasteiger partial charge in [-0.25, -0.2) is 4.98 Å². The van der Waals surface area contributed by atoms with Crippen LogP contribution in [-0.4, -0.2) is 27.3 Å². The molecule has 5 rings (SSSR count). The van der Waals surface area contributed by atoms with Gasteiger partial charge in [-0.3, -0.25) is 9.48 Å². The van der Waals surface area contributed by atoms with Gasteiger partial charge in [-0.1, -0.05) is 29.3 Å². The molecule has 1 aliphatic rings. The number of amides is 1. The van der Waals surface area contributed by atoms with Gasteiger partial charge < -0.3 is 10.1 Å². The average Bonchev–Trinajstić information content (AvgIpc) is 3.41. The van der Waals surface area contributed by atoms with Gasteiger partial charge >= 0.3 is 0 Å². The molecular formula is C33H34Cl2N4O2. The highest BCUT2D eigenvalue weighted by molar-refractivity contribution is 6.34. The first-order valence-electron chi connectivity index (χ1n) is 13.7. The molecule has 0 saturated heterocycles. The normalized spacial score (nSPS) is 12.6. The SMILES string of the molecule is Cc1ccnc(NC(=O)C2=C(CCCOc3cc(C)c(Cl)c(C)c3)c3ccc(Cl)c(-c4c(C)nn(C)c4C)c3C2)c1. The van der Waals surface area contributed by atoms with Gasteiger partial charge in [0.2, 0.25) is 0 Å². The number of rotatable bonds is 8. The van der Waals surface area contributed by atoms with E-state index in [0.717, 1.165) is 78.7 Å². The molecule has 0 fully saturated rings. The lowest BCUT2D eigenvalue weighted by atomic mass is 9.93. The zero-order valence-corrected chi connectivity index (χ0v) is 25.8. The molecule has 0 radical (unpaired) electrons. The topological polar surface area (TPSA) is 69.0 Å². The van der Waals surface area contributed by atoms with Crippen LogP contribution >= 0.6 is 23.2 Å². The number of halogens is 2. The first-order valence-corrected chi connectivity index (χ1v) is 14.5. The largest absolute Gasteiger partial charge is 0.494 e.